The fourth-order valence-corrected chi connectivity index (χ4v) is 6.24. The van der Waals surface area contributed by atoms with Crippen molar-refractivity contribution >= 4 is 38.4 Å². The zero-order chi connectivity index (χ0) is 25.7. The van der Waals surface area contributed by atoms with Crippen LogP contribution in [0.2, 0.25) is 5.15 Å². The van der Waals surface area contributed by atoms with Gasteiger partial charge in [-0.15, -0.1) is 0 Å². The molecule has 0 bridgehead atoms. The van der Waals surface area contributed by atoms with Crippen LogP contribution in [0.15, 0.2) is 71.6 Å². The zero-order valence-electron chi connectivity index (χ0n) is 19.9. The van der Waals surface area contributed by atoms with Gasteiger partial charge in [-0.2, -0.15) is 0 Å². The van der Waals surface area contributed by atoms with E-state index >= 15 is 0 Å². The lowest BCUT2D eigenvalue weighted by molar-refractivity contribution is -0.122. The molecular formula is C27H24ClN3O4S. The molecule has 2 aromatic heterocycles. The minimum atomic E-state index is -4.22. The number of aryl methyl sites for hydroxylation is 2. The summed E-state index contributed by atoms with van der Waals surface area (Å²) in [5, 5.41) is 0.741. The Morgan fingerprint density at radius 3 is 2.58 bits per heavy atom. The molecule has 36 heavy (non-hydrogen) atoms. The first-order valence-electron chi connectivity index (χ1n) is 11.4. The van der Waals surface area contributed by atoms with Crippen molar-refractivity contribution in [2.75, 3.05) is 7.11 Å². The summed E-state index contributed by atoms with van der Waals surface area (Å²) in [6, 6.07) is 19.0. The average molecular weight is 522 g/mol. The summed E-state index contributed by atoms with van der Waals surface area (Å²) in [7, 11) is -2.70. The number of carbonyl (C=O) groups is 1. The molecular weight excluding hydrogens is 498 g/mol. The molecule has 2 heterocycles. The molecule has 1 aliphatic rings. The summed E-state index contributed by atoms with van der Waals surface area (Å²) in [6.45, 7) is 3.74. The predicted octanol–water partition coefficient (Wildman–Crippen LogP) is 4.84. The minimum Gasteiger partial charge on any atom is -0.496 e. The molecule has 0 spiro atoms. The summed E-state index contributed by atoms with van der Waals surface area (Å²) >= 11 is 6.13. The SMILES string of the molecule is COc1ccc(C)cc1[C@]1(C(=O)NS(=O)(=O)c2cccc3nc(C)ccc23)C[C@@H]1c1cccc(Cl)n1. The van der Waals surface area contributed by atoms with Crippen molar-refractivity contribution in [2.24, 2.45) is 0 Å². The highest BCUT2D eigenvalue weighted by Crippen LogP contribution is 2.62. The standard InChI is InChI=1S/C27H24ClN3O4S/c1-16-10-13-23(35-3)19(14-16)27(15-20(27)22-7-5-9-25(28)30-22)26(32)31-36(33,34)24-8-4-6-21-18(24)12-11-17(2)29-21/h4-14,20H,15H2,1-3H3,(H,31,32)/t20-,27-/m1/s1. The Kier molecular flexibility index (Phi) is 5.97. The van der Waals surface area contributed by atoms with E-state index in [1.165, 1.54) is 13.2 Å². The quantitative estimate of drug-likeness (QED) is 0.365. The Morgan fingerprint density at radius 1 is 1.06 bits per heavy atom. The lowest BCUT2D eigenvalue weighted by Crippen LogP contribution is -2.40. The molecule has 1 saturated carbocycles. The van der Waals surface area contributed by atoms with Gasteiger partial charge < -0.3 is 4.74 Å². The van der Waals surface area contributed by atoms with Crippen LogP contribution in [0.4, 0.5) is 0 Å². The van der Waals surface area contributed by atoms with E-state index in [-0.39, 0.29) is 10.8 Å². The number of aromatic nitrogens is 2. The number of hydrogen-bond acceptors (Lipinski definition) is 6. The fraction of sp³-hybridized carbons (Fsp3) is 0.222. The first-order valence-corrected chi connectivity index (χ1v) is 13.2. The van der Waals surface area contributed by atoms with E-state index in [4.69, 9.17) is 16.3 Å². The third-order valence-corrected chi connectivity index (χ3v) is 8.24. The van der Waals surface area contributed by atoms with Crippen LogP contribution in [0.1, 0.15) is 34.9 Å². The van der Waals surface area contributed by atoms with Gasteiger partial charge in [-0.3, -0.25) is 9.78 Å². The lowest BCUT2D eigenvalue weighted by atomic mass is 9.89. The summed E-state index contributed by atoms with van der Waals surface area (Å²) in [5.41, 5.74) is 2.25. The van der Waals surface area contributed by atoms with Gasteiger partial charge in [0.05, 0.1) is 22.9 Å². The number of halogens is 1. The number of sulfonamides is 1. The van der Waals surface area contributed by atoms with Crippen LogP contribution < -0.4 is 9.46 Å². The van der Waals surface area contributed by atoms with Gasteiger partial charge in [-0.25, -0.2) is 18.1 Å². The highest BCUT2D eigenvalue weighted by molar-refractivity contribution is 7.90. The van der Waals surface area contributed by atoms with Crippen molar-refractivity contribution < 1.29 is 17.9 Å². The number of benzene rings is 2. The molecule has 1 amide bonds. The Hall–Kier alpha value is -3.49. The van der Waals surface area contributed by atoms with Crippen LogP contribution in [-0.2, 0) is 20.2 Å². The van der Waals surface area contributed by atoms with E-state index in [9.17, 15) is 13.2 Å². The maximum absolute atomic E-state index is 13.9. The van der Waals surface area contributed by atoms with Gasteiger partial charge in [0, 0.05) is 28.3 Å². The van der Waals surface area contributed by atoms with Crippen molar-refractivity contribution in [1.82, 2.24) is 14.7 Å². The van der Waals surface area contributed by atoms with Crippen LogP contribution in [0.3, 0.4) is 0 Å². The van der Waals surface area contributed by atoms with Crippen molar-refractivity contribution in [3.63, 3.8) is 0 Å². The molecule has 184 valence electrons. The van der Waals surface area contributed by atoms with E-state index < -0.39 is 21.3 Å². The average Bonchev–Trinajstić information content (AvgIpc) is 3.60. The number of ether oxygens (including phenoxy) is 1. The monoisotopic (exact) mass is 521 g/mol. The van der Waals surface area contributed by atoms with Crippen molar-refractivity contribution in [1.29, 1.82) is 0 Å². The molecule has 9 heteroatoms. The number of fused-ring (bicyclic) bond motifs is 1. The van der Waals surface area contributed by atoms with Gasteiger partial charge in [-0.05, 0) is 62.7 Å². The number of hydrogen-bond donors (Lipinski definition) is 1. The Balaban J connectivity index is 1.60. The maximum Gasteiger partial charge on any atom is 0.264 e. The third kappa shape index (κ3) is 4.10. The van der Waals surface area contributed by atoms with Crippen molar-refractivity contribution in [2.45, 2.75) is 36.5 Å². The fourth-order valence-electron chi connectivity index (χ4n) is 4.81. The topological polar surface area (TPSA) is 98.2 Å². The molecule has 0 radical (unpaired) electrons. The molecule has 2 atom stereocenters. The summed E-state index contributed by atoms with van der Waals surface area (Å²) in [5.74, 6) is -0.517. The Bertz CT molecular complexity index is 1620. The van der Waals surface area contributed by atoms with Crippen LogP contribution in [0, 0.1) is 13.8 Å². The molecule has 7 nitrogen and oxygen atoms in total. The van der Waals surface area contributed by atoms with E-state index in [1.54, 1.807) is 48.5 Å². The molecule has 1 N–H and O–H groups in total. The van der Waals surface area contributed by atoms with Gasteiger partial charge >= 0.3 is 0 Å². The molecule has 4 aromatic rings. The predicted molar refractivity (Wildman–Crippen MR) is 138 cm³/mol. The molecule has 5 rings (SSSR count). The second kappa shape index (κ2) is 8.87. The van der Waals surface area contributed by atoms with E-state index in [2.05, 4.69) is 14.7 Å². The van der Waals surface area contributed by atoms with Crippen LogP contribution >= 0.6 is 11.6 Å². The molecule has 1 fully saturated rings. The zero-order valence-corrected chi connectivity index (χ0v) is 21.5. The van der Waals surface area contributed by atoms with E-state index in [1.807, 2.05) is 26.0 Å². The lowest BCUT2D eigenvalue weighted by Gasteiger charge is -2.21. The van der Waals surface area contributed by atoms with Crippen LogP contribution in [-0.4, -0.2) is 31.4 Å². The molecule has 0 saturated heterocycles. The molecule has 1 aliphatic carbocycles. The van der Waals surface area contributed by atoms with Gasteiger partial charge in [-0.1, -0.05) is 41.4 Å². The highest BCUT2D eigenvalue weighted by atomic mass is 35.5. The number of nitrogens with zero attached hydrogens (tertiary/aromatic N) is 2. The van der Waals surface area contributed by atoms with Crippen molar-refractivity contribution in [3.8, 4) is 5.75 Å². The Labute approximate surface area is 214 Å². The summed E-state index contributed by atoms with van der Waals surface area (Å²) in [6.07, 6.45) is 0.359. The third-order valence-electron chi connectivity index (χ3n) is 6.64. The van der Waals surface area contributed by atoms with Gasteiger partial charge in [0.1, 0.15) is 10.9 Å². The minimum absolute atomic E-state index is 0.00899. The summed E-state index contributed by atoms with van der Waals surface area (Å²) < 4.78 is 35.0. The maximum atomic E-state index is 13.9. The molecule has 2 aromatic carbocycles. The van der Waals surface area contributed by atoms with E-state index in [0.29, 0.717) is 39.5 Å². The van der Waals surface area contributed by atoms with Crippen LogP contribution in [0.5, 0.6) is 5.75 Å². The second-order valence-corrected chi connectivity index (χ2v) is 11.1. The van der Waals surface area contributed by atoms with E-state index in [0.717, 1.165) is 11.3 Å². The smallest absolute Gasteiger partial charge is 0.264 e. The van der Waals surface area contributed by atoms with Gasteiger partial charge in [0.15, 0.2) is 0 Å². The highest BCUT2D eigenvalue weighted by Gasteiger charge is 2.64. The first-order chi connectivity index (χ1) is 17.2. The second-order valence-electron chi connectivity index (χ2n) is 9.03. The van der Waals surface area contributed by atoms with Gasteiger partial charge in [0.2, 0.25) is 5.91 Å². The number of pyridine rings is 2. The van der Waals surface area contributed by atoms with Crippen LogP contribution in [0.25, 0.3) is 10.9 Å². The molecule has 0 aliphatic heterocycles. The molecule has 0 unspecified atom stereocenters. The normalized spacial score (nSPS) is 19.2. The number of amides is 1. The first kappa shape index (κ1) is 24.2. The number of methoxy groups -OCH3 is 1. The van der Waals surface area contributed by atoms with Gasteiger partial charge in [0.25, 0.3) is 10.0 Å². The number of nitrogens with one attached hydrogen (secondary N) is 1. The largest absolute Gasteiger partial charge is 0.496 e. The summed E-state index contributed by atoms with van der Waals surface area (Å²) in [4.78, 5) is 22.7. The van der Waals surface area contributed by atoms with Crippen molar-refractivity contribution in [3.05, 3.63) is 94.4 Å². The number of rotatable bonds is 6. The Morgan fingerprint density at radius 2 is 1.83 bits per heavy atom. The number of carbonyl (C=O) groups excluding carboxylic acids is 1.